The lowest BCUT2D eigenvalue weighted by molar-refractivity contribution is 0.419. The molecule has 0 atom stereocenters. The van der Waals surface area contributed by atoms with Crippen molar-refractivity contribution in [3.63, 3.8) is 0 Å². The van der Waals surface area contributed by atoms with Gasteiger partial charge in [0.05, 0.1) is 12.3 Å². The second-order valence-electron chi connectivity index (χ2n) is 3.13. The molecule has 0 saturated carbocycles. The maximum Gasteiger partial charge on any atom is 0.146 e. The van der Waals surface area contributed by atoms with Crippen molar-refractivity contribution < 1.29 is 4.74 Å². The normalized spacial score (nSPS) is 11.6. The molecule has 1 aromatic heterocycles. The average Bonchev–Trinajstić information content (AvgIpc) is 2.97. The summed E-state index contributed by atoms with van der Waals surface area (Å²) < 4.78 is 5.21. The molecular formula is C11H6ClNO. The number of hydrogen-bond acceptors (Lipinski definition) is 2. The molecule has 0 spiro atoms. The van der Waals surface area contributed by atoms with Crippen molar-refractivity contribution in [2.75, 3.05) is 7.11 Å². The van der Waals surface area contributed by atoms with Crippen LogP contribution in [-0.2, 0) is 0 Å². The van der Waals surface area contributed by atoms with Crippen LogP contribution in [0.2, 0.25) is 5.15 Å². The highest BCUT2D eigenvalue weighted by molar-refractivity contribution is 6.30. The van der Waals surface area contributed by atoms with Crippen molar-refractivity contribution in [3.05, 3.63) is 33.8 Å². The van der Waals surface area contributed by atoms with E-state index in [1.165, 1.54) is 0 Å². The third-order valence-electron chi connectivity index (χ3n) is 2.34. The van der Waals surface area contributed by atoms with E-state index in [2.05, 4.69) is 10.7 Å². The molecule has 1 aromatic carbocycles. The molecule has 0 radical (unpaired) electrons. The van der Waals surface area contributed by atoms with Gasteiger partial charge in [0.2, 0.25) is 0 Å². The van der Waals surface area contributed by atoms with Gasteiger partial charge in [0.15, 0.2) is 0 Å². The van der Waals surface area contributed by atoms with E-state index in [1.807, 2.05) is 18.2 Å². The Hall–Kier alpha value is -1.50. The molecule has 1 aliphatic carbocycles. The van der Waals surface area contributed by atoms with Gasteiger partial charge in [-0.2, -0.15) is 0 Å². The van der Waals surface area contributed by atoms with Crippen molar-refractivity contribution in [2.45, 2.75) is 0 Å². The van der Waals surface area contributed by atoms with E-state index < -0.39 is 0 Å². The van der Waals surface area contributed by atoms with Crippen LogP contribution in [0.4, 0.5) is 0 Å². The molecule has 2 aromatic rings. The number of fused-ring (bicyclic) bond motifs is 3. The lowest BCUT2D eigenvalue weighted by Crippen LogP contribution is -2.12. The Kier molecular flexibility index (Phi) is 1.41. The average molecular weight is 204 g/mol. The van der Waals surface area contributed by atoms with Crippen LogP contribution in [0.15, 0.2) is 18.2 Å². The summed E-state index contributed by atoms with van der Waals surface area (Å²) in [6.45, 7) is 0. The minimum absolute atomic E-state index is 0.511. The van der Waals surface area contributed by atoms with E-state index in [0.29, 0.717) is 5.15 Å². The highest BCUT2D eigenvalue weighted by Crippen LogP contribution is 2.21. The zero-order valence-electron chi connectivity index (χ0n) is 7.47. The van der Waals surface area contributed by atoms with Gasteiger partial charge in [0, 0.05) is 10.6 Å². The Morgan fingerprint density at radius 3 is 3.00 bits per heavy atom. The summed E-state index contributed by atoms with van der Waals surface area (Å²) in [4.78, 5) is 4.28. The molecule has 0 saturated heterocycles. The van der Waals surface area contributed by atoms with E-state index in [0.717, 1.165) is 27.1 Å². The number of halogens is 1. The molecule has 0 aliphatic heterocycles. The van der Waals surface area contributed by atoms with Crippen LogP contribution < -0.4 is 15.2 Å². The maximum atomic E-state index is 5.94. The number of nitrogens with zero attached hydrogens (tertiary/aromatic N) is 1. The molecule has 0 fully saturated rings. The van der Waals surface area contributed by atoms with E-state index in [1.54, 1.807) is 7.11 Å². The fraction of sp³-hybridized carbons (Fsp3) is 0.0909. The van der Waals surface area contributed by atoms with Crippen molar-refractivity contribution in [2.24, 2.45) is 0 Å². The molecule has 0 amide bonds. The quantitative estimate of drug-likeness (QED) is 0.550. The second-order valence-corrected chi connectivity index (χ2v) is 3.49. The van der Waals surface area contributed by atoms with E-state index in [-0.39, 0.29) is 0 Å². The fourth-order valence-electron chi connectivity index (χ4n) is 1.61. The van der Waals surface area contributed by atoms with Crippen molar-refractivity contribution in [1.29, 1.82) is 0 Å². The summed E-state index contributed by atoms with van der Waals surface area (Å²) in [5.41, 5.74) is 3.91. The van der Waals surface area contributed by atoms with Gasteiger partial charge in [-0.05, 0) is 6.07 Å². The topological polar surface area (TPSA) is 22.1 Å². The third-order valence-corrected chi connectivity index (χ3v) is 2.62. The highest BCUT2D eigenvalue weighted by atomic mass is 35.5. The van der Waals surface area contributed by atoms with Crippen LogP contribution in [0, 0.1) is 0 Å². The van der Waals surface area contributed by atoms with Gasteiger partial charge in [0.25, 0.3) is 0 Å². The van der Waals surface area contributed by atoms with Crippen LogP contribution in [0.5, 0.6) is 5.75 Å². The molecular weight excluding hydrogens is 198 g/mol. The Morgan fingerprint density at radius 1 is 1.36 bits per heavy atom. The van der Waals surface area contributed by atoms with Gasteiger partial charge in [-0.25, -0.2) is 4.98 Å². The summed E-state index contributed by atoms with van der Waals surface area (Å²) in [5, 5.41) is 3.58. The standard InChI is InChI=1S/C11H6ClNO/c1-14-9-4-2-3-6-7-5-8(7)11(12)13-10(6)9/h2-4H,1H3. The Labute approximate surface area is 85.1 Å². The summed E-state index contributed by atoms with van der Waals surface area (Å²) in [7, 11) is 1.63. The number of rotatable bonds is 1. The first-order valence-electron chi connectivity index (χ1n) is 4.24. The van der Waals surface area contributed by atoms with Gasteiger partial charge in [-0.15, -0.1) is 0 Å². The lowest BCUT2D eigenvalue weighted by atomic mass is 10.2. The number of aromatic nitrogens is 1. The van der Waals surface area contributed by atoms with Gasteiger partial charge in [-0.1, -0.05) is 29.5 Å². The Morgan fingerprint density at radius 2 is 2.21 bits per heavy atom. The first kappa shape index (κ1) is 7.86. The molecule has 0 unspecified atom stereocenters. The minimum Gasteiger partial charge on any atom is -0.494 e. The minimum atomic E-state index is 0.511. The van der Waals surface area contributed by atoms with Crippen LogP contribution >= 0.6 is 11.6 Å². The van der Waals surface area contributed by atoms with Gasteiger partial charge in [0.1, 0.15) is 16.4 Å². The van der Waals surface area contributed by atoms with Crippen molar-refractivity contribution >= 4 is 28.2 Å². The third kappa shape index (κ3) is 0.897. The summed E-state index contributed by atoms with van der Waals surface area (Å²) >= 11 is 5.94. The predicted molar refractivity (Wildman–Crippen MR) is 55.1 cm³/mol. The summed E-state index contributed by atoms with van der Waals surface area (Å²) in [6.07, 6.45) is 0. The molecule has 3 heteroatoms. The summed E-state index contributed by atoms with van der Waals surface area (Å²) in [6, 6.07) is 5.82. The number of para-hydroxylation sites is 1. The molecule has 14 heavy (non-hydrogen) atoms. The monoisotopic (exact) mass is 203 g/mol. The number of ether oxygens (including phenoxy) is 1. The maximum absolute atomic E-state index is 5.94. The number of methoxy groups -OCH3 is 1. The molecule has 0 bridgehead atoms. The fourth-order valence-corrected chi connectivity index (χ4v) is 1.83. The first-order valence-corrected chi connectivity index (χ1v) is 4.62. The van der Waals surface area contributed by atoms with Crippen molar-refractivity contribution in [1.82, 2.24) is 4.98 Å². The van der Waals surface area contributed by atoms with Crippen LogP contribution in [0.3, 0.4) is 0 Å². The number of pyridine rings is 1. The molecule has 1 aliphatic rings. The Bertz CT molecular complexity index is 672. The lowest BCUT2D eigenvalue weighted by Gasteiger charge is -2.02. The smallest absolute Gasteiger partial charge is 0.146 e. The highest BCUT2D eigenvalue weighted by Gasteiger charge is 2.11. The second kappa shape index (κ2) is 2.50. The van der Waals surface area contributed by atoms with E-state index >= 15 is 0 Å². The largest absolute Gasteiger partial charge is 0.494 e. The van der Waals surface area contributed by atoms with Gasteiger partial charge >= 0.3 is 0 Å². The van der Waals surface area contributed by atoms with Crippen LogP contribution in [0.25, 0.3) is 16.6 Å². The SMILES string of the molecule is COc1cccc2c3c(c(Cl)nc12)=C=3. The van der Waals surface area contributed by atoms with Crippen molar-refractivity contribution in [3.8, 4) is 5.75 Å². The van der Waals surface area contributed by atoms with Crippen LogP contribution in [0.1, 0.15) is 0 Å². The molecule has 1 heterocycles. The number of benzene rings is 1. The van der Waals surface area contributed by atoms with Gasteiger partial charge in [-0.3, -0.25) is 0 Å². The Balaban J connectivity index is 2.52. The van der Waals surface area contributed by atoms with Gasteiger partial charge < -0.3 is 4.74 Å². The molecule has 68 valence electrons. The first-order chi connectivity index (χ1) is 6.81. The zero-order chi connectivity index (χ0) is 9.71. The molecule has 2 nitrogen and oxygen atoms in total. The van der Waals surface area contributed by atoms with E-state index in [9.17, 15) is 0 Å². The zero-order valence-corrected chi connectivity index (χ0v) is 8.22. The molecule has 0 N–H and O–H groups in total. The van der Waals surface area contributed by atoms with Crippen LogP contribution in [-0.4, -0.2) is 12.1 Å². The van der Waals surface area contributed by atoms with E-state index in [4.69, 9.17) is 16.3 Å². The summed E-state index contributed by atoms with van der Waals surface area (Å²) in [5.74, 6) is 0.751. The number of hydrogen-bond donors (Lipinski definition) is 0. The predicted octanol–water partition coefficient (Wildman–Crippen LogP) is 0.961. The molecule has 3 rings (SSSR count).